The average molecular weight is 383 g/mol. The Morgan fingerprint density at radius 2 is 1.89 bits per heavy atom. The lowest BCUT2D eigenvalue weighted by Crippen LogP contribution is -2.15. The fourth-order valence-electron chi connectivity index (χ4n) is 2.65. The molecule has 1 heterocycles. The lowest BCUT2D eigenvalue weighted by molar-refractivity contribution is 0.0937. The normalized spacial score (nSPS) is 10.8. The van der Waals surface area contributed by atoms with E-state index in [4.69, 9.17) is 9.47 Å². The molecule has 0 saturated carbocycles. The monoisotopic (exact) mass is 383 g/mol. The molecule has 146 valence electrons. The van der Waals surface area contributed by atoms with Crippen molar-refractivity contribution in [3.63, 3.8) is 0 Å². The van der Waals surface area contributed by atoms with Gasteiger partial charge < -0.3 is 9.47 Å². The third-order valence-corrected chi connectivity index (χ3v) is 4.13. The Morgan fingerprint density at radius 1 is 1.11 bits per heavy atom. The van der Waals surface area contributed by atoms with Crippen molar-refractivity contribution in [2.24, 2.45) is 0 Å². The molecule has 3 rings (SSSR count). The molecule has 0 bridgehead atoms. The Hall–Kier alpha value is -3.06. The van der Waals surface area contributed by atoms with Crippen LogP contribution in [0.5, 0.6) is 6.01 Å². The van der Waals surface area contributed by atoms with Crippen LogP contribution >= 0.6 is 0 Å². The number of carbonyl (C=O) groups excluding carboxylic acids is 1. The zero-order valence-electron chi connectivity index (χ0n) is 15.9. The number of carbonyl (C=O) groups is 1. The third kappa shape index (κ3) is 4.61. The third-order valence-electron chi connectivity index (χ3n) is 4.13. The van der Waals surface area contributed by atoms with Crippen LogP contribution in [0.3, 0.4) is 0 Å². The van der Waals surface area contributed by atoms with E-state index in [1.54, 1.807) is 0 Å². The van der Waals surface area contributed by atoms with Crippen molar-refractivity contribution < 1.29 is 18.7 Å². The van der Waals surface area contributed by atoms with Crippen molar-refractivity contribution in [2.75, 3.05) is 19.8 Å². The number of aromatic nitrogens is 3. The van der Waals surface area contributed by atoms with Crippen LogP contribution < -0.4 is 4.74 Å². The van der Waals surface area contributed by atoms with E-state index in [-0.39, 0.29) is 18.2 Å². The molecule has 0 aliphatic rings. The molecule has 0 aliphatic carbocycles. The Labute approximate surface area is 162 Å². The van der Waals surface area contributed by atoms with Crippen LogP contribution in [-0.2, 0) is 11.2 Å². The average Bonchev–Trinajstić information content (AvgIpc) is 3.15. The molecule has 7 heteroatoms. The van der Waals surface area contributed by atoms with Gasteiger partial charge in [-0.2, -0.15) is 9.67 Å². The molecule has 1 aromatic heterocycles. The first kappa shape index (κ1) is 19.7. The van der Waals surface area contributed by atoms with Crippen LogP contribution in [0, 0.1) is 5.82 Å². The van der Waals surface area contributed by atoms with Crippen molar-refractivity contribution in [2.45, 2.75) is 20.3 Å². The summed E-state index contributed by atoms with van der Waals surface area (Å²) in [5.41, 5.74) is 2.06. The molecule has 0 saturated heterocycles. The summed E-state index contributed by atoms with van der Waals surface area (Å²) < 4.78 is 25.5. The molecule has 0 atom stereocenters. The van der Waals surface area contributed by atoms with Gasteiger partial charge in [-0.05, 0) is 37.1 Å². The molecule has 0 fully saturated rings. The highest BCUT2D eigenvalue weighted by atomic mass is 19.1. The maximum atomic E-state index is 13.6. The second-order valence-electron chi connectivity index (χ2n) is 6.04. The first-order valence-electron chi connectivity index (χ1n) is 9.19. The van der Waals surface area contributed by atoms with Gasteiger partial charge in [-0.15, -0.1) is 5.10 Å². The number of nitrogens with zero attached hydrogens (tertiary/aromatic N) is 3. The molecule has 2 aromatic carbocycles. The van der Waals surface area contributed by atoms with Gasteiger partial charge in [-0.25, -0.2) is 4.39 Å². The second kappa shape index (κ2) is 9.23. The zero-order chi connectivity index (χ0) is 19.9. The summed E-state index contributed by atoms with van der Waals surface area (Å²) in [7, 11) is 0. The number of ether oxygens (including phenoxy) is 2. The van der Waals surface area contributed by atoms with E-state index >= 15 is 0 Å². The first-order chi connectivity index (χ1) is 13.6. The Balaban J connectivity index is 1.95. The van der Waals surface area contributed by atoms with Crippen LogP contribution in [0.2, 0.25) is 0 Å². The Bertz CT molecular complexity index is 938. The van der Waals surface area contributed by atoms with E-state index in [2.05, 4.69) is 17.0 Å². The lowest BCUT2D eigenvalue weighted by Gasteiger charge is -2.05. The molecular formula is C21H22FN3O3. The fourth-order valence-corrected chi connectivity index (χ4v) is 2.65. The molecule has 0 unspecified atom stereocenters. The minimum atomic E-state index is -0.493. The highest BCUT2D eigenvalue weighted by molar-refractivity contribution is 5.97. The minimum absolute atomic E-state index is 0.0685. The molecule has 6 nitrogen and oxygen atoms in total. The van der Waals surface area contributed by atoms with Crippen molar-refractivity contribution in [1.29, 1.82) is 0 Å². The molecule has 0 radical (unpaired) electrons. The van der Waals surface area contributed by atoms with Crippen LogP contribution in [0.1, 0.15) is 29.8 Å². The van der Waals surface area contributed by atoms with Crippen LogP contribution in [0.15, 0.2) is 48.5 Å². The van der Waals surface area contributed by atoms with Crippen molar-refractivity contribution in [3.05, 3.63) is 65.5 Å². The summed E-state index contributed by atoms with van der Waals surface area (Å²) in [6, 6.07) is 13.2. The van der Waals surface area contributed by atoms with Gasteiger partial charge >= 0.3 is 6.01 Å². The molecule has 3 aromatic rings. The van der Waals surface area contributed by atoms with Crippen molar-refractivity contribution >= 4 is 5.91 Å². The summed E-state index contributed by atoms with van der Waals surface area (Å²) in [4.78, 5) is 17.3. The minimum Gasteiger partial charge on any atom is -0.460 e. The smallest absolute Gasteiger partial charge is 0.336 e. The summed E-state index contributed by atoms with van der Waals surface area (Å²) in [5.74, 6) is -0.641. The van der Waals surface area contributed by atoms with E-state index in [1.165, 1.54) is 29.8 Å². The zero-order valence-corrected chi connectivity index (χ0v) is 15.9. The first-order valence-corrected chi connectivity index (χ1v) is 9.19. The summed E-state index contributed by atoms with van der Waals surface area (Å²) in [5, 5.41) is 4.19. The van der Waals surface area contributed by atoms with E-state index in [0.29, 0.717) is 24.6 Å². The molecule has 0 N–H and O–H groups in total. The molecule has 0 amide bonds. The number of rotatable bonds is 8. The van der Waals surface area contributed by atoms with Crippen molar-refractivity contribution in [3.8, 4) is 17.4 Å². The van der Waals surface area contributed by atoms with Crippen LogP contribution in [-0.4, -0.2) is 40.5 Å². The SMILES string of the molecule is CCOCCOc1nc(-c2ccc(CC)cc2)n(C(=O)c2cccc(F)c2)n1. The standard InChI is InChI=1S/C21H22FN3O3/c1-3-15-8-10-16(11-9-15)19-23-21(28-13-12-27-4-2)24-25(19)20(26)17-6-5-7-18(22)14-17/h5-11,14H,3-4,12-13H2,1-2H3. The highest BCUT2D eigenvalue weighted by Crippen LogP contribution is 2.22. The summed E-state index contributed by atoms with van der Waals surface area (Å²) in [6.07, 6.45) is 0.904. The van der Waals surface area contributed by atoms with Crippen LogP contribution in [0.4, 0.5) is 4.39 Å². The Kier molecular flexibility index (Phi) is 6.49. The fraction of sp³-hybridized carbons (Fsp3) is 0.286. The van der Waals surface area contributed by atoms with Gasteiger partial charge in [0, 0.05) is 17.7 Å². The Morgan fingerprint density at radius 3 is 2.57 bits per heavy atom. The second-order valence-corrected chi connectivity index (χ2v) is 6.04. The highest BCUT2D eigenvalue weighted by Gasteiger charge is 2.20. The van der Waals surface area contributed by atoms with E-state index in [9.17, 15) is 9.18 Å². The van der Waals surface area contributed by atoms with Crippen LogP contribution in [0.25, 0.3) is 11.4 Å². The molecule has 28 heavy (non-hydrogen) atoms. The number of aryl methyl sites for hydroxylation is 1. The molecule has 0 aliphatic heterocycles. The number of hydrogen-bond donors (Lipinski definition) is 0. The predicted molar refractivity (Wildman–Crippen MR) is 103 cm³/mol. The largest absolute Gasteiger partial charge is 0.460 e. The molecule has 0 spiro atoms. The van der Waals surface area contributed by atoms with Gasteiger partial charge in [-0.3, -0.25) is 4.79 Å². The van der Waals surface area contributed by atoms with E-state index in [0.717, 1.165) is 11.1 Å². The van der Waals surface area contributed by atoms with Gasteiger partial charge in [0.15, 0.2) is 5.82 Å². The maximum Gasteiger partial charge on any atom is 0.336 e. The van der Waals surface area contributed by atoms with Gasteiger partial charge in [0.05, 0.1) is 6.61 Å². The van der Waals surface area contributed by atoms with Gasteiger partial charge in [0.1, 0.15) is 12.4 Å². The number of hydrogen-bond acceptors (Lipinski definition) is 5. The van der Waals surface area contributed by atoms with Gasteiger partial charge in [-0.1, -0.05) is 37.3 Å². The predicted octanol–water partition coefficient (Wildman–Crippen LogP) is 3.75. The topological polar surface area (TPSA) is 66.2 Å². The van der Waals surface area contributed by atoms with E-state index < -0.39 is 11.7 Å². The number of benzene rings is 2. The van der Waals surface area contributed by atoms with Gasteiger partial charge in [0.2, 0.25) is 0 Å². The maximum absolute atomic E-state index is 13.6. The summed E-state index contributed by atoms with van der Waals surface area (Å²) in [6.45, 7) is 5.19. The molecular weight excluding hydrogens is 361 g/mol. The van der Waals surface area contributed by atoms with Crippen molar-refractivity contribution in [1.82, 2.24) is 14.8 Å². The van der Waals surface area contributed by atoms with Gasteiger partial charge in [0.25, 0.3) is 5.91 Å². The number of halogens is 1. The summed E-state index contributed by atoms with van der Waals surface area (Å²) >= 11 is 0. The quantitative estimate of drug-likeness (QED) is 0.554. The lowest BCUT2D eigenvalue weighted by atomic mass is 10.1. The van der Waals surface area contributed by atoms with E-state index in [1.807, 2.05) is 31.2 Å².